The van der Waals surface area contributed by atoms with E-state index in [2.05, 4.69) is 10.3 Å². The Bertz CT molecular complexity index is 668. The Balaban J connectivity index is 2.18. The highest BCUT2D eigenvalue weighted by molar-refractivity contribution is 5.92. The number of rotatable bonds is 2. The molecule has 0 radical (unpaired) electrons. The number of aromatic hydroxyl groups is 1. The van der Waals surface area contributed by atoms with Gasteiger partial charge in [0.05, 0.1) is 35.3 Å². The van der Waals surface area contributed by atoms with Crippen LogP contribution in [0.1, 0.15) is 11.7 Å². The van der Waals surface area contributed by atoms with Crippen LogP contribution in [0.3, 0.4) is 0 Å². The zero-order chi connectivity index (χ0) is 14.1. The van der Waals surface area contributed by atoms with Crippen molar-refractivity contribution in [2.24, 2.45) is 0 Å². The maximum Gasteiger partial charge on any atom is 0.280 e. The molecule has 3 rings (SSSR count). The first-order chi connectivity index (χ1) is 9.66. The Morgan fingerprint density at radius 3 is 3.05 bits per heavy atom. The summed E-state index contributed by atoms with van der Waals surface area (Å²) < 4.78 is 5.34. The lowest BCUT2D eigenvalue weighted by Crippen LogP contribution is -2.35. The van der Waals surface area contributed by atoms with Gasteiger partial charge in [-0.05, 0) is 12.1 Å². The Kier molecular flexibility index (Phi) is 3.21. The van der Waals surface area contributed by atoms with Crippen molar-refractivity contribution in [2.75, 3.05) is 19.8 Å². The first-order valence-corrected chi connectivity index (χ1v) is 6.25. The molecule has 1 aromatic heterocycles. The van der Waals surface area contributed by atoms with Gasteiger partial charge >= 0.3 is 0 Å². The van der Waals surface area contributed by atoms with E-state index in [1.165, 1.54) is 12.1 Å². The average molecular weight is 275 g/mol. The van der Waals surface area contributed by atoms with Crippen molar-refractivity contribution in [2.45, 2.75) is 6.04 Å². The monoisotopic (exact) mass is 275 g/mol. The molecule has 0 spiro atoms. The van der Waals surface area contributed by atoms with Crippen molar-refractivity contribution >= 4 is 16.6 Å². The molecule has 2 N–H and O–H groups in total. The van der Waals surface area contributed by atoms with Gasteiger partial charge < -0.3 is 15.2 Å². The summed E-state index contributed by atoms with van der Waals surface area (Å²) in [6.45, 7) is 1.68. The summed E-state index contributed by atoms with van der Waals surface area (Å²) in [7, 11) is 0. The number of hydrogen-bond donors (Lipinski definition) is 2. The van der Waals surface area contributed by atoms with Crippen molar-refractivity contribution in [3.05, 3.63) is 40.1 Å². The van der Waals surface area contributed by atoms with Crippen molar-refractivity contribution in [3.63, 3.8) is 0 Å². The molecule has 7 heteroatoms. The van der Waals surface area contributed by atoms with E-state index in [1.54, 1.807) is 12.1 Å². The summed E-state index contributed by atoms with van der Waals surface area (Å²) in [5.41, 5.74) is 0.683. The third kappa shape index (κ3) is 2.17. The number of fused-ring (bicyclic) bond motifs is 1. The van der Waals surface area contributed by atoms with Crippen molar-refractivity contribution in [1.29, 1.82) is 0 Å². The van der Waals surface area contributed by atoms with Gasteiger partial charge in [-0.2, -0.15) is 0 Å². The van der Waals surface area contributed by atoms with Crippen LogP contribution in [-0.4, -0.2) is 34.8 Å². The summed E-state index contributed by atoms with van der Waals surface area (Å²) in [5.74, 6) is -0.0656. The van der Waals surface area contributed by atoms with Crippen LogP contribution in [0.4, 0.5) is 5.69 Å². The van der Waals surface area contributed by atoms with E-state index in [-0.39, 0.29) is 23.0 Å². The van der Waals surface area contributed by atoms with Gasteiger partial charge in [-0.1, -0.05) is 6.07 Å². The Morgan fingerprint density at radius 2 is 2.35 bits per heavy atom. The summed E-state index contributed by atoms with van der Waals surface area (Å²) in [6, 6.07) is 5.84. The zero-order valence-electron chi connectivity index (χ0n) is 10.6. The molecule has 0 bridgehead atoms. The number of phenols is 1. The Hall–Kier alpha value is -2.25. The highest BCUT2D eigenvalue weighted by Gasteiger charge is 2.23. The lowest BCUT2D eigenvalue weighted by molar-refractivity contribution is -0.383. The van der Waals surface area contributed by atoms with E-state index >= 15 is 0 Å². The summed E-state index contributed by atoms with van der Waals surface area (Å²) in [5, 5.41) is 24.6. The molecule has 1 aliphatic heterocycles. The van der Waals surface area contributed by atoms with Crippen LogP contribution in [0, 0.1) is 10.1 Å². The van der Waals surface area contributed by atoms with Crippen LogP contribution < -0.4 is 5.32 Å². The number of morpholine rings is 1. The standard InChI is InChI=1S/C13H13N3O4/c17-12-3-1-2-8-11(16(18)19)6-9(15-13(8)12)10-7-20-5-4-14-10/h1-3,6,10,14,17H,4-5,7H2. The maximum atomic E-state index is 11.2. The van der Waals surface area contributed by atoms with Crippen molar-refractivity contribution in [3.8, 4) is 5.75 Å². The van der Waals surface area contributed by atoms with Gasteiger partial charge in [-0.25, -0.2) is 4.98 Å². The summed E-state index contributed by atoms with van der Waals surface area (Å²) >= 11 is 0. The third-order valence-electron chi connectivity index (χ3n) is 3.29. The minimum absolute atomic E-state index is 0.0618. The highest BCUT2D eigenvalue weighted by Crippen LogP contribution is 2.32. The number of pyridine rings is 1. The second-order valence-electron chi connectivity index (χ2n) is 4.58. The quantitative estimate of drug-likeness (QED) is 0.637. The van der Waals surface area contributed by atoms with Gasteiger partial charge in [0.1, 0.15) is 11.3 Å². The number of nitrogens with one attached hydrogen (secondary N) is 1. The molecule has 0 amide bonds. The lowest BCUT2D eigenvalue weighted by atomic mass is 10.1. The highest BCUT2D eigenvalue weighted by atomic mass is 16.6. The van der Waals surface area contributed by atoms with Crippen molar-refractivity contribution in [1.82, 2.24) is 10.3 Å². The van der Waals surface area contributed by atoms with Gasteiger partial charge in [0.2, 0.25) is 0 Å². The van der Waals surface area contributed by atoms with E-state index in [1.807, 2.05) is 0 Å². The molecule has 0 saturated carbocycles. The fourth-order valence-corrected chi connectivity index (χ4v) is 2.32. The Morgan fingerprint density at radius 1 is 1.50 bits per heavy atom. The van der Waals surface area contributed by atoms with Gasteiger partial charge in [-0.15, -0.1) is 0 Å². The van der Waals surface area contributed by atoms with Gasteiger partial charge in [0, 0.05) is 12.6 Å². The minimum atomic E-state index is -0.462. The second kappa shape index (κ2) is 5.03. The molecule has 1 unspecified atom stereocenters. The molecule has 0 aliphatic carbocycles. The molecule has 2 heterocycles. The first kappa shape index (κ1) is 12.8. The van der Waals surface area contributed by atoms with Crippen molar-refractivity contribution < 1.29 is 14.8 Å². The van der Waals surface area contributed by atoms with Gasteiger partial charge in [0.25, 0.3) is 5.69 Å². The second-order valence-corrected chi connectivity index (χ2v) is 4.58. The van der Waals surface area contributed by atoms with Crippen LogP contribution in [0.25, 0.3) is 10.9 Å². The molecular weight excluding hydrogens is 262 g/mol. The molecule has 2 aromatic rings. The maximum absolute atomic E-state index is 11.2. The van der Waals surface area contributed by atoms with E-state index in [0.717, 1.165) is 0 Å². The molecule has 104 valence electrons. The molecule has 1 aliphatic rings. The predicted molar refractivity (Wildman–Crippen MR) is 71.6 cm³/mol. The molecule has 7 nitrogen and oxygen atoms in total. The number of para-hydroxylation sites is 1. The fraction of sp³-hybridized carbons (Fsp3) is 0.308. The average Bonchev–Trinajstić information content (AvgIpc) is 2.47. The minimum Gasteiger partial charge on any atom is -0.506 e. The van der Waals surface area contributed by atoms with E-state index in [0.29, 0.717) is 30.8 Å². The first-order valence-electron chi connectivity index (χ1n) is 6.25. The number of benzene rings is 1. The summed E-state index contributed by atoms with van der Waals surface area (Å²) in [4.78, 5) is 15.1. The molecule has 1 aromatic carbocycles. The number of nitro groups is 1. The number of phenolic OH excluding ortho intramolecular Hbond substituents is 1. The molecule has 1 fully saturated rings. The number of ether oxygens (including phenoxy) is 1. The molecule has 20 heavy (non-hydrogen) atoms. The van der Waals surface area contributed by atoms with Gasteiger partial charge in [-0.3, -0.25) is 10.1 Å². The molecule has 1 saturated heterocycles. The summed E-state index contributed by atoms with van der Waals surface area (Å²) in [6.07, 6.45) is 0. The largest absolute Gasteiger partial charge is 0.506 e. The van der Waals surface area contributed by atoms with E-state index in [9.17, 15) is 15.2 Å². The Labute approximate surface area is 114 Å². The third-order valence-corrected chi connectivity index (χ3v) is 3.29. The number of hydrogen-bond acceptors (Lipinski definition) is 6. The number of aromatic nitrogens is 1. The fourth-order valence-electron chi connectivity index (χ4n) is 2.32. The normalized spacial score (nSPS) is 19.1. The van der Waals surface area contributed by atoms with Crippen LogP contribution in [0.15, 0.2) is 24.3 Å². The molecule has 1 atom stereocenters. The van der Waals surface area contributed by atoms with E-state index in [4.69, 9.17) is 4.74 Å². The zero-order valence-corrected chi connectivity index (χ0v) is 10.6. The topological polar surface area (TPSA) is 97.5 Å². The SMILES string of the molecule is O=[N+]([O-])c1cc(C2COCCN2)nc2c(O)cccc12. The smallest absolute Gasteiger partial charge is 0.280 e. The predicted octanol–water partition coefficient (Wildman–Crippen LogP) is 1.51. The lowest BCUT2D eigenvalue weighted by Gasteiger charge is -2.23. The molecular formula is C13H13N3O4. The van der Waals surface area contributed by atoms with Crippen LogP contribution in [0.5, 0.6) is 5.75 Å². The van der Waals surface area contributed by atoms with E-state index < -0.39 is 4.92 Å². The van der Waals surface area contributed by atoms with Crippen LogP contribution in [-0.2, 0) is 4.74 Å². The van der Waals surface area contributed by atoms with Crippen LogP contribution >= 0.6 is 0 Å². The van der Waals surface area contributed by atoms with Crippen LogP contribution in [0.2, 0.25) is 0 Å². The number of nitrogens with zero attached hydrogens (tertiary/aromatic N) is 2. The van der Waals surface area contributed by atoms with Gasteiger partial charge in [0.15, 0.2) is 0 Å².